The number of nitrogens with zero attached hydrogens (tertiary/aromatic N) is 4. The minimum absolute atomic E-state index is 0.613. The van der Waals surface area contributed by atoms with Gasteiger partial charge in [-0.3, -0.25) is 4.98 Å². The highest BCUT2D eigenvalue weighted by molar-refractivity contribution is 6.14. The van der Waals surface area contributed by atoms with Gasteiger partial charge in [-0.05, 0) is 238 Å². The van der Waals surface area contributed by atoms with Gasteiger partial charge in [0.15, 0.2) is 0 Å². The smallest absolute Gasteiger partial charge is 0.0991 e. The Bertz CT molecular complexity index is 3890. The molecule has 0 saturated carbocycles. The number of rotatable bonds is 7. The molecule has 0 bridgehead atoms. The van der Waals surface area contributed by atoms with Crippen LogP contribution in [0.3, 0.4) is 0 Å². The molecule has 0 amide bonds. The Morgan fingerprint density at radius 3 is 0.803 bits per heavy atom. The summed E-state index contributed by atoms with van der Waals surface area (Å²) in [5, 5.41) is 14.8. The van der Waals surface area contributed by atoms with Crippen molar-refractivity contribution in [3.8, 4) is 73.1 Å². The quantitative estimate of drug-likeness (QED) is 0.160. The molecule has 0 atom stereocenters. The number of hydrogen-bond donors (Lipinski definition) is 0. The molecule has 12 rings (SSSR count). The SMILES string of the molecule is Cc1cc(C)c(-c2ccc3c(c2)c2cc(-c4c(C)cc(C)cc4C)ccc2n3-c2cncc(-n3c4ccc(-c5c(C)cc(C)cc5C)cc4c4cc(-c5c(C)cc(C)cc5C)ccc43)c2-c2ccc(C#N)cc2)c(C)c1. The molecule has 9 aromatic carbocycles. The van der Waals surface area contributed by atoms with Gasteiger partial charge in [0.1, 0.15) is 0 Å². The number of aryl methyl sites for hydroxylation is 12. The second kappa shape index (κ2) is 18.3. The summed E-state index contributed by atoms with van der Waals surface area (Å²) in [5.74, 6) is 0. The highest BCUT2D eigenvalue weighted by atomic mass is 15.0. The average molecular weight is 983 g/mol. The van der Waals surface area contributed by atoms with Gasteiger partial charge in [0.05, 0.1) is 57.5 Å². The summed E-state index contributed by atoms with van der Waals surface area (Å²) in [4.78, 5) is 5.24. The molecular weight excluding hydrogens is 921 g/mol. The van der Waals surface area contributed by atoms with Crippen LogP contribution in [0.1, 0.15) is 72.3 Å². The fraction of sp³-hybridized carbons (Fsp3) is 0.167. The second-order valence-corrected chi connectivity index (χ2v) is 21.9. The summed E-state index contributed by atoms with van der Waals surface area (Å²) in [5.41, 5.74) is 34.0. The normalized spacial score (nSPS) is 11.7. The van der Waals surface area contributed by atoms with Crippen molar-refractivity contribution < 1.29 is 0 Å². The lowest BCUT2D eigenvalue weighted by Crippen LogP contribution is -2.05. The van der Waals surface area contributed by atoms with Crippen LogP contribution >= 0.6 is 0 Å². The van der Waals surface area contributed by atoms with Gasteiger partial charge in [-0.15, -0.1) is 0 Å². The third kappa shape index (κ3) is 7.84. The molecule has 0 N–H and O–H groups in total. The molecule has 0 fully saturated rings. The van der Waals surface area contributed by atoms with E-state index in [1.165, 1.54) is 133 Å². The summed E-state index contributed by atoms with van der Waals surface area (Å²) in [6.45, 7) is 26.6. The van der Waals surface area contributed by atoms with E-state index in [9.17, 15) is 5.26 Å². The first-order valence-corrected chi connectivity index (χ1v) is 26.6. The number of hydrogen-bond acceptors (Lipinski definition) is 2. The van der Waals surface area contributed by atoms with Crippen molar-refractivity contribution in [2.45, 2.75) is 83.1 Å². The van der Waals surface area contributed by atoms with Gasteiger partial charge in [0.25, 0.3) is 0 Å². The lowest BCUT2D eigenvalue weighted by molar-refractivity contribution is 1.09. The number of nitriles is 1. The molecule has 4 heteroatoms. The lowest BCUT2D eigenvalue weighted by Gasteiger charge is -2.20. The Morgan fingerprint density at radius 2 is 0.553 bits per heavy atom. The second-order valence-electron chi connectivity index (χ2n) is 21.9. The molecule has 0 aliphatic rings. The molecule has 3 aromatic heterocycles. The van der Waals surface area contributed by atoms with E-state index in [0.29, 0.717) is 5.56 Å². The molecule has 0 saturated heterocycles. The monoisotopic (exact) mass is 982 g/mol. The molecule has 0 aliphatic carbocycles. The van der Waals surface area contributed by atoms with E-state index in [0.717, 1.165) is 44.6 Å². The fourth-order valence-electron chi connectivity index (χ4n) is 13.5. The van der Waals surface area contributed by atoms with Crippen molar-refractivity contribution in [1.82, 2.24) is 14.1 Å². The molecule has 0 radical (unpaired) electrons. The minimum Gasteiger partial charge on any atom is -0.307 e. The van der Waals surface area contributed by atoms with Gasteiger partial charge in [0.2, 0.25) is 0 Å². The van der Waals surface area contributed by atoms with Crippen LogP contribution in [0.25, 0.3) is 111 Å². The minimum atomic E-state index is 0.613. The van der Waals surface area contributed by atoms with Gasteiger partial charge in [-0.2, -0.15) is 5.26 Å². The summed E-state index contributed by atoms with van der Waals surface area (Å²) < 4.78 is 4.86. The van der Waals surface area contributed by atoms with Crippen molar-refractivity contribution in [3.63, 3.8) is 0 Å². The maximum atomic E-state index is 10.1. The molecule has 76 heavy (non-hydrogen) atoms. The highest BCUT2D eigenvalue weighted by Crippen LogP contribution is 2.46. The van der Waals surface area contributed by atoms with E-state index in [2.05, 4.69) is 232 Å². The third-order valence-corrected chi connectivity index (χ3v) is 16.1. The first kappa shape index (κ1) is 48.2. The van der Waals surface area contributed by atoms with Crippen molar-refractivity contribution in [2.75, 3.05) is 0 Å². The van der Waals surface area contributed by atoms with Gasteiger partial charge in [-0.25, -0.2) is 0 Å². The molecule has 0 aliphatic heterocycles. The van der Waals surface area contributed by atoms with Crippen LogP contribution in [0, 0.1) is 94.4 Å². The van der Waals surface area contributed by atoms with Crippen LogP contribution in [-0.4, -0.2) is 14.1 Å². The number of benzene rings is 9. The molecule has 3 heterocycles. The van der Waals surface area contributed by atoms with Gasteiger partial charge < -0.3 is 9.13 Å². The Morgan fingerprint density at radius 1 is 0.303 bits per heavy atom. The Kier molecular flexibility index (Phi) is 11.6. The van der Waals surface area contributed by atoms with E-state index in [1.54, 1.807) is 0 Å². The lowest BCUT2D eigenvalue weighted by atomic mass is 9.91. The van der Waals surface area contributed by atoms with Crippen LogP contribution < -0.4 is 0 Å². The number of pyridine rings is 1. The highest BCUT2D eigenvalue weighted by Gasteiger charge is 2.25. The summed E-state index contributed by atoms with van der Waals surface area (Å²) in [6.07, 6.45) is 4.08. The largest absolute Gasteiger partial charge is 0.307 e. The van der Waals surface area contributed by atoms with E-state index >= 15 is 0 Å². The zero-order valence-corrected chi connectivity index (χ0v) is 45.8. The topological polar surface area (TPSA) is 46.5 Å². The van der Waals surface area contributed by atoms with Crippen LogP contribution in [-0.2, 0) is 0 Å². The van der Waals surface area contributed by atoms with Crippen LogP contribution in [0.5, 0.6) is 0 Å². The van der Waals surface area contributed by atoms with Crippen molar-refractivity contribution in [2.24, 2.45) is 0 Å². The van der Waals surface area contributed by atoms with E-state index in [-0.39, 0.29) is 0 Å². The van der Waals surface area contributed by atoms with Crippen LogP contribution in [0.4, 0.5) is 0 Å². The fourth-order valence-corrected chi connectivity index (χ4v) is 13.5. The summed E-state index contributed by atoms with van der Waals surface area (Å²) in [6, 6.07) is 56.9. The summed E-state index contributed by atoms with van der Waals surface area (Å²) in [7, 11) is 0. The predicted molar refractivity (Wildman–Crippen MR) is 322 cm³/mol. The average Bonchev–Trinajstić information content (AvgIpc) is 3.91. The van der Waals surface area contributed by atoms with Crippen molar-refractivity contribution in [1.29, 1.82) is 5.26 Å². The maximum absolute atomic E-state index is 10.1. The van der Waals surface area contributed by atoms with E-state index in [4.69, 9.17) is 4.98 Å². The molecule has 4 nitrogen and oxygen atoms in total. The molecule has 0 spiro atoms. The number of aromatic nitrogens is 3. The van der Waals surface area contributed by atoms with Crippen LogP contribution in [0.15, 0.2) is 158 Å². The zero-order chi connectivity index (χ0) is 53.0. The third-order valence-electron chi connectivity index (χ3n) is 16.1. The first-order valence-electron chi connectivity index (χ1n) is 26.6. The Labute approximate surface area is 447 Å². The van der Waals surface area contributed by atoms with Gasteiger partial charge in [-0.1, -0.05) is 107 Å². The Hall–Kier alpha value is -8.78. The number of fused-ring (bicyclic) bond motifs is 6. The van der Waals surface area contributed by atoms with E-state index < -0.39 is 0 Å². The summed E-state index contributed by atoms with van der Waals surface area (Å²) >= 11 is 0. The van der Waals surface area contributed by atoms with Gasteiger partial charge in [0, 0.05) is 27.1 Å². The molecule has 370 valence electrons. The molecule has 0 unspecified atom stereocenters. The van der Waals surface area contributed by atoms with Crippen molar-refractivity contribution in [3.05, 3.63) is 230 Å². The standard InChI is InChI=1S/C72H62N4/c1-40-25-44(5)68(45(6)26-40)54-17-21-62-58(33-54)59-34-55(69-46(7)27-41(2)28-47(69)8)18-22-63(59)75(62)66-38-74-39-67(72(66)53-15-13-52(37-73)14-16-53)76-64-23-19-56(70-48(9)29-42(3)30-49(70)10)35-60(64)61-36-57(20-24-65(61)76)71-50(11)31-43(4)32-51(71)12/h13-36,38-39H,1-12H3. The van der Waals surface area contributed by atoms with Gasteiger partial charge >= 0.3 is 0 Å². The maximum Gasteiger partial charge on any atom is 0.0991 e. The Balaban J connectivity index is 1.19. The van der Waals surface area contributed by atoms with Crippen molar-refractivity contribution >= 4 is 43.6 Å². The van der Waals surface area contributed by atoms with Crippen LogP contribution in [0.2, 0.25) is 0 Å². The zero-order valence-electron chi connectivity index (χ0n) is 45.8. The first-order chi connectivity index (χ1) is 36.6. The predicted octanol–water partition coefficient (Wildman–Crippen LogP) is 19.2. The molecule has 12 aromatic rings. The van der Waals surface area contributed by atoms with E-state index in [1.807, 2.05) is 24.5 Å². The molecular formula is C72H62N4.